The van der Waals surface area contributed by atoms with Gasteiger partial charge in [0, 0.05) is 13.1 Å². The van der Waals surface area contributed by atoms with E-state index in [1.165, 1.54) is 0 Å². The number of ether oxygens (including phenoxy) is 2. The molecule has 0 saturated carbocycles. The summed E-state index contributed by atoms with van der Waals surface area (Å²) in [4.78, 5) is 0. The van der Waals surface area contributed by atoms with Gasteiger partial charge in [0.2, 0.25) is 10.0 Å². The van der Waals surface area contributed by atoms with E-state index in [4.69, 9.17) is 9.47 Å². The zero-order valence-electron chi connectivity index (χ0n) is 15.9. The van der Waals surface area contributed by atoms with Crippen LogP contribution in [-0.4, -0.2) is 40.5 Å². The molecule has 8 heteroatoms. The molecule has 0 saturated heterocycles. The van der Waals surface area contributed by atoms with E-state index in [2.05, 4.69) is 10.0 Å². The molecule has 0 aliphatic heterocycles. The molecule has 0 heterocycles. The summed E-state index contributed by atoms with van der Waals surface area (Å²) in [5.74, 6) is 1.16. The third kappa shape index (κ3) is 5.85. The smallest absolute Gasteiger partial charge is 0.229 e. The van der Waals surface area contributed by atoms with Crippen molar-refractivity contribution in [2.75, 3.05) is 31.7 Å². The lowest BCUT2D eigenvalue weighted by Crippen LogP contribution is -2.22. The first kappa shape index (κ1) is 21.0. The van der Waals surface area contributed by atoms with Crippen LogP contribution in [-0.2, 0) is 16.6 Å². The fourth-order valence-electron chi connectivity index (χ4n) is 2.71. The molecule has 1 unspecified atom stereocenters. The maximum absolute atomic E-state index is 11.4. The molecule has 3 N–H and O–H groups in total. The molecule has 2 rings (SSSR count). The fourth-order valence-corrected chi connectivity index (χ4v) is 3.33. The molecule has 1 atom stereocenters. The van der Waals surface area contributed by atoms with Gasteiger partial charge >= 0.3 is 0 Å². The summed E-state index contributed by atoms with van der Waals surface area (Å²) in [5, 5.41) is 13.6. The van der Waals surface area contributed by atoms with E-state index >= 15 is 0 Å². The molecular formula is C19H26N2O5S. The van der Waals surface area contributed by atoms with Gasteiger partial charge in [-0.3, -0.25) is 4.72 Å². The van der Waals surface area contributed by atoms with Crippen LogP contribution in [0.15, 0.2) is 36.4 Å². The van der Waals surface area contributed by atoms with E-state index in [9.17, 15) is 13.5 Å². The van der Waals surface area contributed by atoms with E-state index in [1.807, 2.05) is 13.0 Å². The summed E-state index contributed by atoms with van der Waals surface area (Å²) in [6.45, 7) is 2.68. The Morgan fingerprint density at radius 1 is 1.11 bits per heavy atom. The number of nitrogens with one attached hydrogen (secondary N) is 2. The van der Waals surface area contributed by atoms with Crippen LogP contribution in [0.1, 0.15) is 22.8 Å². The first-order valence-corrected chi connectivity index (χ1v) is 10.3. The number of anilines is 1. The molecule has 7 nitrogen and oxygen atoms in total. The lowest BCUT2D eigenvalue weighted by atomic mass is 10.1. The van der Waals surface area contributed by atoms with Crippen molar-refractivity contribution in [1.29, 1.82) is 0 Å². The SMILES string of the molecule is COc1ccc(C(O)CNCc2cccc(NS(C)(=O)=O)c2C)cc1OC. The highest BCUT2D eigenvalue weighted by atomic mass is 32.2. The van der Waals surface area contributed by atoms with Gasteiger partial charge in [-0.2, -0.15) is 0 Å². The molecule has 0 radical (unpaired) electrons. The quantitative estimate of drug-likeness (QED) is 0.603. The summed E-state index contributed by atoms with van der Waals surface area (Å²) >= 11 is 0. The summed E-state index contributed by atoms with van der Waals surface area (Å²) in [5.41, 5.74) is 3.06. The molecule has 0 bridgehead atoms. The normalized spacial score (nSPS) is 12.5. The van der Waals surface area contributed by atoms with E-state index in [1.54, 1.807) is 44.6 Å². The molecule has 0 aliphatic rings. The van der Waals surface area contributed by atoms with E-state index in [-0.39, 0.29) is 0 Å². The average molecular weight is 394 g/mol. The summed E-state index contributed by atoms with van der Waals surface area (Å²) in [7, 11) is -0.223. The van der Waals surface area contributed by atoms with E-state index in [0.717, 1.165) is 17.4 Å². The number of rotatable bonds is 9. The van der Waals surface area contributed by atoms with Gasteiger partial charge in [0.1, 0.15) is 0 Å². The highest BCUT2D eigenvalue weighted by Crippen LogP contribution is 2.29. The van der Waals surface area contributed by atoms with Gasteiger partial charge in [-0.15, -0.1) is 0 Å². The standard InChI is InChI=1S/C19H26N2O5S/c1-13-15(6-5-7-16(13)21-27(4,23)24)11-20-12-17(22)14-8-9-18(25-2)19(10-14)26-3/h5-10,17,20-22H,11-12H2,1-4H3. The molecule has 0 spiro atoms. The maximum atomic E-state index is 11.4. The second-order valence-corrected chi connectivity index (χ2v) is 7.97. The monoisotopic (exact) mass is 394 g/mol. The third-order valence-electron chi connectivity index (χ3n) is 4.19. The maximum Gasteiger partial charge on any atom is 0.229 e. The van der Waals surface area contributed by atoms with Crippen molar-refractivity contribution >= 4 is 15.7 Å². The molecule has 27 heavy (non-hydrogen) atoms. The van der Waals surface area contributed by atoms with Crippen molar-refractivity contribution in [3.05, 3.63) is 53.1 Å². The van der Waals surface area contributed by atoms with Crippen LogP contribution in [0, 0.1) is 6.92 Å². The number of aliphatic hydroxyl groups excluding tert-OH is 1. The molecule has 0 aromatic heterocycles. The lowest BCUT2D eigenvalue weighted by molar-refractivity contribution is 0.174. The van der Waals surface area contributed by atoms with Crippen LogP contribution in [0.3, 0.4) is 0 Å². The van der Waals surface area contributed by atoms with Gasteiger partial charge in [0.15, 0.2) is 11.5 Å². The average Bonchev–Trinajstić information content (AvgIpc) is 2.62. The second-order valence-electron chi connectivity index (χ2n) is 6.23. The van der Waals surface area contributed by atoms with Crippen molar-refractivity contribution in [2.24, 2.45) is 0 Å². The van der Waals surface area contributed by atoms with Crippen LogP contribution in [0.25, 0.3) is 0 Å². The zero-order valence-corrected chi connectivity index (χ0v) is 16.8. The predicted molar refractivity (Wildman–Crippen MR) is 106 cm³/mol. The Hall–Kier alpha value is -2.29. The van der Waals surface area contributed by atoms with Gasteiger partial charge in [-0.05, 0) is 41.8 Å². The lowest BCUT2D eigenvalue weighted by Gasteiger charge is -2.16. The molecule has 2 aromatic rings. The molecule has 0 amide bonds. The van der Waals surface area contributed by atoms with Crippen molar-refractivity contribution in [3.63, 3.8) is 0 Å². The molecule has 0 aliphatic carbocycles. The highest BCUT2D eigenvalue weighted by molar-refractivity contribution is 7.92. The van der Waals surface area contributed by atoms with E-state index in [0.29, 0.717) is 35.8 Å². The molecular weight excluding hydrogens is 368 g/mol. The topological polar surface area (TPSA) is 96.9 Å². The van der Waals surface area contributed by atoms with Crippen LogP contribution in [0.4, 0.5) is 5.69 Å². The highest BCUT2D eigenvalue weighted by Gasteiger charge is 2.12. The first-order valence-electron chi connectivity index (χ1n) is 8.42. The van der Waals surface area contributed by atoms with Crippen LogP contribution in [0.2, 0.25) is 0 Å². The summed E-state index contributed by atoms with van der Waals surface area (Å²) < 4.78 is 35.8. The number of benzene rings is 2. The van der Waals surface area contributed by atoms with Gasteiger partial charge in [-0.25, -0.2) is 8.42 Å². The Bertz CT molecular complexity index is 884. The van der Waals surface area contributed by atoms with Crippen molar-refractivity contribution in [3.8, 4) is 11.5 Å². The van der Waals surface area contributed by atoms with Crippen LogP contribution >= 0.6 is 0 Å². The van der Waals surface area contributed by atoms with Gasteiger partial charge in [0.25, 0.3) is 0 Å². The molecule has 2 aromatic carbocycles. The third-order valence-corrected chi connectivity index (χ3v) is 4.78. The zero-order chi connectivity index (χ0) is 20.0. The minimum Gasteiger partial charge on any atom is -0.493 e. The predicted octanol–water partition coefficient (Wildman–Crippen LogP) is 2.21. The van der Waals surface area contributed by atoms with Gasteiger partial charge in [-0.1, -0.05) is 18.2 Å². The van der Waals surface area contributed by atoms with Crippen molar-refractivity contribution in [1.82, 2.24) is 5.32 Å². The van der Waals surface area contributed by atoms with Crippen LogP contribution < -0.4 is 19.5 Å². The minimum absolute atomic E-state index is 0.332. The summed E-state index contributed by atoms with van der Waals surface area (Å²) in [6, 6.07) is 10.7. The first-order chi connectivity index (χ1) is 12.7. The number of hydrogen-bond acceptors (Lipinski definition) is 6. The Balaban J connectivity index is 2.01. The Morgan fingerprint density at radius 3 is 2.44 bits per heavy atom. The van der Waals surface area contributed by atoms with E-state index < -0.39 is 16.1 Å². The second kappa shape index (κ2) is 9.07. The number of aliphatic hydroxyl groups is 1. The minimum atomic E-state index is -3.33. The number of methoxy groups -OCH3 is 2. The van der Waals surface area contributed by atoms with Gasteiger partial charge < -0.3 is 19.9 Å². The van der Waals surface area contributed by atoms with Crippen LogP contribution in [0.5, 0.6) is 11.5 Å². The Labute approximate surface area is 160 Å². The fraction of sp³-hybridized carbons (Fsp3) is 0.368. The van der Waals surface area contributed by atoms with Crippen molar-refractivity contribution in [2.45, 2.75) is 19.6 Å². The summed E-state index contributed by atoms with van der Waals surface area (Å²) in [6.07, 6.45) is 0.402. The largest absolute Gasteiger partial charge is 0.493 e. The Morgan fingerprint density at radius 2 is 1.81 bits per heavy atom. The molecule has 0 fully saturated rings. The van der Waals surface area contributed by atoms with Crippen molar-refractivity contribution < 1.29 is 23.0 Å². The Kier molecular flexibility index (Phi) is 7.06. The molecule has 148 valence electrons. The number of hydrogen-bond donors (Lipinski definition) is 3. The number of sulfonamides is 1. The van der Waals surface area contributed by atoms with Gasteiger partial charge in [0.05, 0.1) is 32.3 Å².